The van der Waals surface area contributed by atoms with E-state index < -0.39 is 45.2 Å². The molecule has 2 heterocycles. The number of carbonyl (C=O) groups is 1. The molecule has 1 atom stereocenters. The molecule has 0 radical (unpaired) electrons. The summed E-state index contributed by atoms with van der Waals surface area (Å²) in [4.78, 5) is 37.5. The van der Waals surface area contributed by atoms with E-state index in [1.165, 1.54) is 19.1 Å². The monoisotopic (exact) mass is 568 g/mol. The fourth-order valence-electron chi connectivity index (χ4n) is 3.67. The summed E-state index contributed by atoms with van der Waals surface area (Å²) < 4.78 is 76.0. The lowest BCUT2D eigenvalue weighted by Crippen LogP contribution is -2.40. The minimum Gasteiger partial charge on any atom is -0.480 e. The maximum Gasteiger partial charge on any atom is 0.431 e. The molecule has 1 unspecified atom stereocenters. The van der Waals surface area contributed by atoms with Crippen molar-refractivity contribution in [2.75, 3.05) is 6.26 Å². The fraction of sp³-hybridized carbons (Fsp3) is 0.217. The van der Waals surface area contributed by atoms with Gasteiger partial charge in [-0.15, -0.1) is 0 Å². The highest BCUT2D eigenvalue weighted by Gasteiger charge is 2.35. The number of aromatic nitrogens is 3. The van der Waals surface area contributed by atoms with Crippen LogP contribution in [0.25, 0.3) is 27.0 Å². The summed E-state index contributed by atoms with van der Waals surface area (Å²) in [7, 11) is -2.88. The van der Waals surface area contributed by atoms with Gasteiger partial charge in [0.1, 0.15) is 11.4 Å². The van der Waals surface area contributed by atoms with Crippen molar-refractivity contribution in [1.82, 2.24) is 18.2 Å². The lowest BCUT2D eigenvalue weighted by molar-refractivity contribution is -0.144. The van der Waals surface area contributed by atoms with E-state index in [4.69, 9.17) is 4.74 Å². The number of rotatable bonds is 6. The molecule has 1 N–H and O–H groups in total. The second kappa shape index (κ2) is 9.72. The molecule has 0 bridgehead atoms. The van der Waals surface area contributed by atoms with Crippen LogP contribution in [0.5, 0.6) is 5.75 Å². The van der Waals surface area contributed by atoms with Crippen LogP contribution in [0.2, 0.25) is 0 Å². The minimum atomic E-state index is -4.89. The van der Waals surface area contributed by atoms with Gasteiger partial charge in [-0.1, -0.05) is 12.1 Å². The van der Waals surface area contributed by atoms with Gasteiger partial charge in [0, 0.05) is 24.1 Å². The molecule has 2 aromatic heterocycles. The van der Waals surface area contributed by atoms with Crippen LogP contribution in [-0.4, -0.2) is 40.2 Å². The quantitative estimate of drug-likeness (QED) is 0.379. The summed E-state index contributed by atoms with van der Waals surface area (Å²) in [5.74, 6) is -0.686. The van der Waals surface area contributed by atoms with Gasteiger partial charge in [-0.3, -0.25) is 18.9 Å². The van der Waals surface area contributed by atoms with E-state index in [-0.39, 0.29) is 11.4 Å². The Bertz CT molecular complexity index is 1790. The molecular formula is C23H19F3N4O6S2. The molecule has 0 aliphatic rings. The van der Waals surface area contributed by atoms with Crippen LogP contribution in [0.15, 0.2) is 58.1 Å². The molecule has 0 spiro atoms. The number of nitrogens with zero attached hydrogens (tertiary/aromatic N) is 3. The fourth-order valence-corrected chi connectivity index (χ4v) is 4.97. The Morgan fingerprint density at radius 1 is 1.13 bits per heavy atom. The molecule has 200 valence electrons. The van der Waals surface area contributed by atoms with Crippen LogP contribution in [0.3, 0.4) is 0 Å². The number of hydrogen-bond donors (Lipinski definition) is 1. The van der Waals surface area contributed by atoms with Crippen LogP contribution in [0.1, 0.15) is 12.6 Å². The van der Waals surface area contributed by atoms with Crippen LogP contribution in [0.4, 0.5) is 13.2 Å². The minimum absolute atomic E-state index is 0.0255. The van der Waals surface area contributed by atoms with E-state index in [1.54, 1.807) is 30.3 Å². The normalized spacial score (nSPS) is 12.9. The number of para-hydroxylation sites is 1. The third kappa shape index (κ3) is 5.33. The molecule has 2 aromatic carbocycles. The molecule has 0 aliphatic carbocycles. The summed E-state index contributed by atoms with van der Waals surface area (Å²) in [6, 6.07) is 11.3. The second-order valence-electron chi connectivity index (χ2n) is 8.25. The number of sulfonamides is 1. The van der Waals surface area contributed by atoms with Crippen molar-refractivity contribution < 1.29 is 31.1 Å². The molecule has 10 nitrogen and oxygen atoms in total. The summed E-state index contributed by atoms with van der Waals surface area (Å²) in [6.07, 6.45) is -5.25. The van der Waals surface area contributed by atoms with Crippen LogP contribution >= 0.6 is 11.5 Å². The second-order valence-corrected chi connectivity index (χ2v) is 10.8. The molecule has 15 heteroatoms. The van der Waals surface area contributed by atoms with Crippen molar-refractivity contribution in [2.24, 2.45) is 7.05 Å². The molecule has 4 rings (SSSR count). The number of halogens is 3. The van der Waals surface area contributed by atoms with Crippen molar-refractivity contribution in [3.63, 3.8) is 0 Å². The van der Waals surface area contributed by atoms with E-state index in [1.807, 2.05) is 4.72 Å². The Balaban J connectivity index is 1.80. The van der Waals surface area contributed by atoms with Crippen molar-refractivity contribution in [1.29, 1.82) is 0 Å². The number of benzene rings is 2. The molecule has 38 heavy (non-hydrogen) atoms. The third-order valence-corrected chi connectivity index (χ3v) is 6.82. The van der Waals surface area contributed by atoms with Gasteiger partial charge >= 0.3 is 11.9 Å². The highest BCUT2D eigenvalue weighted by Crippen LogP contribution is 2.37. The first-order chi connectivity index (χ1) is 17.7. The number of nitrogens with one attached hydrogen (secondary N) is 1. The van der Waals surface area contributed by atoms with E-state index >= 15 is 0 Å². The van der Waals surface area contributed by atoms with Gasteiger partial charge in [0.15, 0.2) is 6.10 Å². The highest BCUT2D eigenvalue weighted by atomic mass is 32.2. The number of carbonyl (C=O) groups excluding carboxylic acids is 1. The number of amides is 1. The molecule has 0 fully saturated rings. The smallest absolute Gasteiger partial charge is 0.431 e. The van der Waals surface area contributed by atoms with Crippen LogP contribution < -0.4 is 20.7 Å². The average molecular weight is 569 g/mol. The summed E-state index contributed by atoms with van der Waals surface area (Å²) >= 11 is 1.09. The average Bonchev–Trinajstić information content (AvgIpc) is 3.23. The van der Waals surface area contributed by atoms with Crippen LogP contribution in [-0.2, 0) is 28.0 Å². The Kier molecular flexibility index (Phi) is 6.92. The topological polar surface area (TPSA) is 129 Å². The number of hydrogen-bond acceptors (Lipinski definition) is 8. The first-order valence-corrected chi connectivity index (χ1v) is 13.4. The Morgan fingerprint density at radius 3 is 2.47 bits per heavy atom. The lowest BCUT2D eigenvalue weighted by atomic mass is 10.1. The molecule has 0 saturated carbocycles. The van der Waals surface area contributed by atoms with Gasteiger partial charge in [-0.2, -0.15) is 17.5 Å². The van der Waals surface area contributed by atoms with E-state index in [9.17, 15) is 36.0 Å². The van der Waals surface area contributed by atoms with Gasteiger partial charge in [-0.05, 0) is 48.8 Å². The number of alkyl halides is 3. The molecule has 4 aromatic rings. The van der Waals surface area contributed by atoms with E-state index in [0.29, 0.717) is 36.5 Å². The standard InChI is InChI=1S/C23H19F3N4O6S2/c1-12(21(32)28-38(3,34)35)36-16-7-5-4-6-14(16)20-15-10-13(8-9-17(15)37-27-20)30-19(31)11-18(23(24,25)26)29(2)22(30)33/h4-12H,1-3H3,(H,28,32). The van der Waals surface area contributed by atoms with Gasteiger partial charge < -0.3 is 4.74 Å². The maximum absolute atomic E-state index is 13.2. The largest absolute Gasteiger partial charge is 0.480 e. The first-order valence-electron chi connectivity index (χ1n) is 10.7. The third-order valence-electron chi connectivity index (χ3n) is 5.42. The first kappa shape index (κ1) is 27.1. The van der Waals surface area contributed by atoms with Crippen molar-refractivity contribution in [2.45, 2.75) is 19.2 Å². The lowest BCUT2D eigenvalue weighted by Gasteiger charge is -2.16. The Morgan fingerprint density at radius 2 is 1.82 bits per heavy atom. The molecule has 0 aliphatic heterocycles. The van der Waals surface area contributed by atoms with Gasteiger partial charge in [-0.25, -0.2) is 17.8 Å². The zero-order valence-electron chi connectivity index (χ0n) is 19.9. The van der Waals surface area contributed by atoms with Gasteiger partial charge in [0.25, 0.3) is 11.5 Å². The molecule has 1 amide bonds. The van der Waals surface area contributed by atoms with E-state index in [2.05, 4.69) is 4.37 Å². The molecule has 0 saturated heterocycles. The Labute approximate surface area is 217 Å². The van der Waals surface area contributed by atoms with E-state index in [0.717, 1.165) is 24.8 Å². The highest BCUT2D eigenvalue weighted by molar-refractivity contribution is 7.89. The van der Waals surface area contributed by atoms with Crippen molar-refractivity contribution in [3.8, 4) is 22.7 Å². The number of fused-ring (bicyclic) bond motifs is 1. The predicted molar refractivity (Wildman–Crippen MR) is 134 cm³/mol. The Hall–Kier alpha value is -3.98. The maximum atomic E-state index is 13.2. The zero-order valence-corrected chi connectivity index (χ0v) is 21.6. The van der Waals surface area contributed by atoms with Gasteiger partial charge in [0.05, 0.1) is 22.3 Å². The van der Waals surface area contributed by atoms with Crippen LogP contribution in [0, 0.1) is 0 Å². The van der Waals surface area contributed by atoms with Gasteiger partial charge in [0.2, 0.25) is 10.0 Å². The van der Waals surface area contributed by atoms with Crippen molar-refractivity contribution in [3.05, 3.63) is 75.1 Å². The summed E-state index contributed by atoms with van der Waals surface area (Å²) in [5, 5.41) is 0.464. The zero-order chi connectivity index (χ0) is 28.0. The number of ether oxygens (including phenoxy) is 1. The summed E-state index contributed by atoms with van der Waals surface area (Å²) in [5.41, 5.74) is -2.90. The SMILES string of the molecule is CC(Oc1ccccc1-c1nsc2ccc(-n3c(=O)cc(C(F)(F)F)n(C)c3=O)cc12)C(=O)NS(C)(=O)=O. The predicted octanol–water partition coefficient (Wildman–Crippen LogP) is 2.67. The summed E-state index contributed by atoms with van der Waals surface area (Å²) in [6.45, 7) is 1.36. The van der Waals surface area contributed by atoms with Crippen molar-refractivity contribution >= 4 is 37.5 Å². The molecular weight excluding hydrogens is 549 g/mol.